The molecule has 0 saturated heterocycles. The van der Waals surface area contributed by atoms with Crippen LogP contribution in [0.2, 0.25) is 0 Å². The number of benzene rings is 1. The van der Waals surface area contributed by atoms with Gasteiger partial charge in [0.15, 0.2) is 5.60 Å². The van der Waals surface area contributed by atoms with Crippen LogP contribution in [-0.2, 0) is 10.3 Å². The van der Waals surface area contributed by atoms with Crippen molar-refractivity contribution in [1.29, 1.82) is 0 Å². The fourth-order valence-electron chi connectivity index (χ4n) is 2.08. The monoisotopic (exact) mass is 262 g/mol. The largest absolute Gasteiger partial charge is 0.346 e. The smallest absolute Gasteiger partial charge is 0.305 e. The first-order valence-corrected chi connectivity index (χ1v) is 5.73. The Balaban J connectivity index is 2.36. The van der Waals surface area contributed by atoms with Crippen molar-refractivity contribution < 1.29 is 22.3 Å². The molecule has 1 atom stereocenters. The van der Waals surface area contributed by atoms with Crippen molar-refractivity contribution in [2.45, 2.75) is 44.3 Å². The summed E-state index contributed by atoms with van der Waals surface area (Å²) in [6.07, 6.45) is -0.689. The maximum Gasteiger partial charge on any atom is 0.346 e. The molecule has 0 aromatic heterocycles. The second kappa shape index (κ2) is 4.23. The Morgan fingerprint density at radius 1 is 1.22 bits per heavy atom. The molecule has 5 heteroatoms. The summed E-state index contributed by atoms with van der Waals surface area (Å²) in [5, 5.41) is 0. The van der Waals surface area contributed by atoms with Gasteiger partial charge in [0, 0.05) is 0 Å². The third-order valence-electron chi connectivity index (χ3n) is 3.25. The number of alkyl halides is 4. The predicted octanol–water partition coefficient (Wildman–Crippen LogP) is 4.28. The van der Waals surface area contributed by atoms with Gasteiger partial charge in [-0.15, -0.1) is 0 Å². The molecule has 1 unspecified atom stereocenters. The lowest BCUT2D eigenvalue weighted by atomic mass is 9.97. The van der Waals surface area contributed by atoms with Crippen molar-refractivity contribution in [1.82, 2.24) is 0 Å². The van der Waals surface area contributed by atoms with Gasteiger partial charge in [-0.1, -0.05) is 38.1 Å². The van der Waals surface area contributed by atoms with Crippen LogP contribution < -0.4 is 0 Å². The van der Waals surface area contributed by atoms with Crippen LogP contribution in [0.25, 0.3) is 0 Å². The molecule has 1 saturated carbocycles. The molecule has 1 aliphatic rings. The van der Waals surface area contributed by atoms with Crippen molar-refractivity contribution in [3.8, 4) is 0 Å². The van der Waals surface area contributed by atoms with E-state index in [9.17, 15) is 17.6 Å². The standard InChI is InChI=1S/C13H14F4O/c1-8(2)9-4-3-5-10(6-9)12(18-11(14)15)7-13(12,16)17/h3-6,8,11H,7H2,1-2H3. The topological polar surface area (TPSA) is 9.23 Å². The molecular weight excluding hydrogens is 248 g/mol. The van der Waals surface area contributed by atoms with E-state index in [1.807, 2.05) is 13.8 Å². The fourth-order valence-corrected chi connectivity index (χ4v) is 2.08. The lowest BCUT2D eigenvalue weighted by molar-refractivity contribution is -0.203. The molecule has 100 valence electrons. The molecular formula is C13H14F4O. The first kappa shape index (κ1) is 13.3. The lowest BCUT2D eigenvalue weighted by Crippen LogP contribution is -2.23. The highest BCUT2D eigenvalue weighted by Gasteiger charge is 2.75. The summed E-state index contributed by atoms with van der Waals surface area (Å²) in [5.74, 6) is -3.08. The quantitative estimate of drug-likeness (QED) is 0.736. The Kier molecular flexibility index (Phi) is 3.13. The van der Waals surface area contributed by atoms with Crippen molar-refractivity contribution >= 4 is 0 Å². The molecule has 1 aromatic carbocycles. The minimum Gasteiger partial charge on any atom is -0.305 e. The molecule has 0 N–H and O–H groups in total. The number of halogens is 4. The Labute approximate surface area is 103 Å². The summed E-state index contributed by atoms with van der Waals surface area (Å²) in [7, 11) is 0. The normalized spacial score (nSPS) is 25.8. The molecule has 0 heterocycles. The van der Waals surface area contributed by atoms with Gasteiger partial charge in [0.2, 0.25) is 0 Å². The molecule has 0 bridgehead atoms. The van der Waals surface area contributed by atoms with E-state index < -0.39 is 24.6 Å². The van der Waals surface area contributed by atoms with Crippen LogP contribution in [0.3, 0.4) is 0 Å². The van der Waals surface area contributed by atoms with Crippen LogP contribution in [0, 0.1) is 0 Å². The zero-order valence-electron chi connectivity index (χ0n) is 10.1. The van der Waals surface area contributed by atoms with Gasteiger partial charge in [0.1, 0.15) is 0 Å². The van der Waals surface area contributed by atoms with Crippen molar-refractivity contribution in [2.75, 3.05) is 0 Å². The van der Waals surface area contributed by atoms with Crippen LogP contribution in [0.4, 0.5) is 17.6 Å². The van der Waals surface area contributed by atoms with E-state index in [-0.39, 0.29) is 11.5 Å². The Morgan fingerprint density at radius 2 is 1.83 bits per heavy atom. The summed E-state index contributed by atoms with van der Waals surface area (Å²) < 4.78 is 55.6. The molecule has 18 heavy (non-hydrogen) atoms. The maximum atomic E-state index is 13.4. The summed E-state index contributed by atoms with van der Waals surface area (Å²) in [6, 6.07) is 6.31. The van der Waals surface area contributed by atoms with E-state index in [0.717, 1.165) is 5.56 Å². The van der Waals surface area contributed by atoms with E-state index >= 15 is 0 Å². The second-order valence-electron chi connectivity index (χ2n) is 4.87. The summed E-state index contributed by atoms with van der Waals surface area (Å²) in [6.45, 7) is 0.608. The Hall–Kier alpha value is -1.10. The zero-order chi connectivity index (χ0) is 13.6. The Morgan fingerprint density at radius 3 is 2.28 bits per heavy atom. The molecule has 1 nitrogen and oxygen atoms in total. The van der Waals surface area contributed by atoms with E-state index in [2.05, 4.69) is 4.74 Å². The number of ether oxygens (including phenoxy) is 1. The van der Waals surface area contributed by atoms with Crippen molar-refractivity contribution in [3.05, 3.63) is 35.4 Å². The van der Waals surface area contributed by atoms with Crippen LogP contribution in [0.5, 0.6) is 0 Å². The first-order valence-electron chi connectivity index (χ1n) is 5.73. The summed E-state index contributed by atoms with van der Waals surface area (Å²) in [5.41, 5.74) is -1.20. The number of hydrogen-bond acceptors (Lipinski definition) is 1. The summed E-state index contributed by atoms with van der Waals surface area (Å²) >= 11 is 0. The van der Waals surface area contributed by atoms with Gasteiger partial charge < -0.3 is 4.74 Å². The summed E-state index contributed by atoms with van der Waals surface area (Å²) in [4.78, 5) is 0. The van der Waals surface area contributed by atoms with Crippen molar-refractivity contribution in [2.24, 2.45) is 0 Å². The molecule has 0 aliphatic heterocycles. The predicted molar refractivity (Wildman–Crippen MR) is 58.9 cm³/mol. The second-order valence-corrected chi connectivity index (χ2v) is 4.87. The van der Waals surface area contributed by atoms with Crippen LogP contribution in [0.1, 0.15) is 37.3 Å². The highest BCUT2D eigenvalue weighted by molar-refractivity contribution is 5.37. The van der Waals surface area contributed by atoms with Gasteiger partial charge in [-0.2, -0.15) is 8.78 Å². The van der Waals surface area contributed by atoms with E-state index in [1.54, 1.807) is 12.1 Å². The van der Waals surface area contributed by atoms with Gasteiger partial charge in [-0.25, -0.2) is 8.78 Å². The highest BCUT2D eigenvalue weighted by atomic mass is 19.3. The van der Waals surface area contributed by atoms with Crippen molar-refractivity contribution in [3.63, 3.8) is 0 Å². The Bertz CT molecular complexity index is 444. The molecule has 2 rings (SSSR count). The van der Waals surface area contributed by atoms with Crippen LogP contribution in [0.15, 0.2) is 24.3 Å². The van der Waals surface area contributed by atoms with Gasteiger partial charge in [-0.05, 0) is 17.0 Å². The first-order chi connectivity index (χ1) is 8.28. The van der Waals surface area contributed by atoms with Gasteiger partial charge in [-0.3, -0.25) is 0 Å². The SMILES string of the molecule is CC(C)c1cccc(C2(OC(F)F)CC2(F)F)c1. The highest BCUT2D eigenvalue weighted by Crippen LogP contribution is 2.63. The number of hydrogen-bond donors (Lipinski definition) is 0. The third-order valence-corrected chi connectivity index (χ3v) is 3.25. The number of rotatable bonds is 4. The van der Waals surface area contributed by atoms with Gasteiger partial charge >= 0.3 is 6.61 Å². The minimum atomic E-state index is -3.22. The molecule has 0 radical (unpaired) electrons. The average molecular weight is 262 g/mol. The van der Waals surface area contributed by atoms with Gasteiger partial charge in [0.25, 0.3) is 5.92 Å². The molecule has 0 spiro atoms. The lowest BCUT2D eigenvalue weighted by Gasteiger charge is -2.18. The molecule has 1 fully saturated rings. The third kappa shape index (κ3) is 2.11. The molecule has 1 aliphatic carbocycles. The minimum absolute atomic E-state index is 0.124. The average Bonchev–Trinajstić information content (AvgIpc) is 2.80. The van der Waals surface area contributed by atoms with E-state index in [0.29, 0.717) is 0 Å². The maximum absolute atomic E-state index is 13.4. The fraction of sp³-hybridized carbons (Fsp3) is 0.538. The van der Waals surface area contributed by atoms with Gasteiger partial charge in [0.05, 0.1) is 6.42 Å². The van der Waals surface area contributed by atoms with Crippen LogP contribution in [-0.4, -0.2) is 12.5 Å². The molecule has 0 amide bonds. The van der Waals surface area contributed by atoms with Crippen LogP contribution >= 0.6 is 0 Å². The zero-order valence-corrected chi connectivity index (χ0v) is 10.1. The van der Waals surface area contributed by atoms with E-state index in [4.69, 9.17) is 0 Å². The molecule has 1 aromatic rings. The van der Waals surface area contributed by atoms with E-state index in [1.165, 1.54) is 12.1 Å².